The third-order valence-corrected chi connectivity index (χ3v) is 4.31. The van der Waals surface area contributed by atoms with E-state index >= 15 is 0 Å². The number of carbonyl (C=O) groups is 1. The van der Waals surface area contributed by atoms with Crippen LogP contribution >= 0.6 is 0 Å². The average molecular weight is 370 g/mol. The van der Waals surface area contributed by atoms with Crippen molar-refractivity contribution in [3.05, 3.63) is 83.7 Å². The molecule has 0 unspecified atom stereocenters. The van der Waals surface area contributed by atoms with Crippen LogP contribution in [0.1, 0.15) is 42.4 Å². The second kappa shape index (κ2) is 7.93. The highest BCUT2D eigenvalue weighted by atomic mass is 16.1. The molecule has 0 fully saturated rings. The number of nitrogens with zero attached hydrogens (tertiary/aromatic N) is 2. The highest BCUT2D eigenvalue weighted by molar-refractivity contribution is 6.03. The van der Waals surface area contributed by atoms with Gasteiger partial charge in [0.25, 0.3) is 5.91 Å². The Kier molecular flexibility index (Phi) is 5.42. The quantitative estimate of drug-likeness (QED) is 0.658. The lowest BCUT2D eigenvalue weighted by Crippen LogP contribution is -2.14. The number of carbonyl (C=O) groups excluding carboxylic acids is 1. The fourth-order valence-electron chi connectivity index (χ4n) is 2.65. The molecule has 0 bridgehead atoms. The summed E-state index contributed by atoms with van der Waals surface area (Å²) in [6, 6.07) is 20.5. The van der Waals surface area contributed by atoms with Crippen LogP contribution in [0.2, 0.25) is 0 Å². The Morgan fingerprint density at radius 2 is 1.50 bits per heavy atom. The van der Waals surface area contributed by atoms with E-state index in [1.807, 2.05) is 36.4 Å². The van der Waals surface area contributed by atoms with Crippen molar-refractivity contribution < 1.29 is 4.79 Å². The molecule has 0 spiro atoms. The Bertz CT molecular complexity index is 993. The molecular weight excluding hydrogens is 348 g/mol. The number of benzene rings is 2. The highest BCUT2D eigenvalue weighted by Crippen LogP contribution is 2.23. The Balaban J connectivity index is 1.64. The van der Waals surface area contributed by atoms with Gasteiger partial charge < -0.3 is 10.6 Å². The van der Waals surface area contributed by atoms with Gasteiger partial charge in [-0.2, -0.15) is 5.26 Å². The molecule has 3 aromatic rings. The van der Waals surface area contributed by atoms with Gasteiger partial charge in [-0.15, -0.1) is 0 Å². The number of pyridine rings is 1. The minimum Gasteiger partial charge on any atom is -0.354 e. The molecule has 1 amide bonds. The molecule has 0 radical (unpaired) electrons. The highest BCUT2D eigenvalue weighted by Gasteiger charge is 2.13. The molecule has 1 heterocycles. The maximum absolute atomic E-state index is 12.4. The lowest BCUT2D eigenvalue weighted by atomic mass is 9.87. The molecule has 0 saturated heterocycles. The third-order valence-electron chi connectivity index (χ3n) is 4.31. The van der Waals surface area contributed by atoms with Crippen molar-refractivity contribution in [3.8, 4) is 6.07 Å². The molecule has 5 nitrogen and oxygen atoms in total. The van der Waals surface area contributed by atoms with Gasteiger partial charge in [0.15, 0.2) is 0 Å². The summed E-state index contributed by atoms with van der Waals surface area (Å²) in [7, 11) is 0. The van der Waals surface area contributed by atoms with Crippen molar-refractivity contribution in [1.29, 1.82) is 5.26 Å². The van der Waals surface area contributed by atoms with Crippen LogP contribution in [0.4, 0.5) is 17.1 Å². The number of nitriles is 1. The van der Waals surface area contributed by atoms with Crippen molar-refractivity contribution in [2.24, 2.45) is 0 Å². The first-order valence-electron chi connectivity index (χ1n) is 9.00. The summed E-state index contributed by atoms with van der Waals surface area (Å²) in [5, 5.41) is 14.9. The molecule has 0 atom stereocenters. The normalized spacial score (nSPS) is 10.8. The first-order valence-corrected chi connectivity index (χ1v) is 9.00. The second-order valence-electron chi connectivity index (χ2n) is 7.53. The number of aromatic nitrogens is 1. The van der Waals surface area contributed by atoms with Gasteiger partial charge in [0.05, 0.1) is 23.5 Å². The number of amides is 1. The number of hydrogen-bond donors (Lipinski definition) is 2. The van der Waals surface area contributed by atoms with Crippen molar-refractivity contribution >= 4 is 23.0 Å². The molecule has 0 aliphatic carbocycles. The summed E-state index contributed by atoms with van der Waals surface area (Å²) < 4.78 is 0. The summed E-state index contributed by atoms with van der Waals surface area (Å²) in [5.74, 6) is -0.256. The van der Waals surface area contributed by atoms with Crippen LogP contribution in [-0.4, -0.2) is 10.9 Å². The molecule has 5 heteroatoms. The lowest BCUT2D eigenvalue weighted by Gasteiger charge is -2.19. The van der Waals surface area contributed by atoms with Crippen LogP contribution in [0.5, 0.6) is 0 Å². The van der Waals surface area contributed by atoms with Crippen LogP contribution < -0.4 is 10.6 Å². The molecule has 3 rings (SSSR count). The van der Waals surface area contributed by atoms with E-state index in [1.54, 1.807) is 30.5 Å². The predicted molar refractivity (Wildman–Crippen MR) is 112 cm³/mol. The molecule has 28 heavy (non-hydrogen) atoms. The smallest absolute Gasteiger partial charge is 0.274 e. The first-order chi connectivity index (χ1) is 13.3. The lowest BCUT2D eigenvalue weighted by molar-refractivity contribution is 0.102. The maximum atomic E-state index is 12.4. The van der Waals surface area contributed by atoms with E-state index in [4.69, 9.17) is 5.26 Å². The number of nitrogens with one attached hydrogen (secondary N) is 2. The van der Waals surface area contributed by atoms with Gasteiger partial charge in [-0.25, -0.2) is 4.98 Å². The van der Waals surface area contributed by atoms with E-state index in [0.717, 1.165) is 17.1 Å². The SMILES string of the molecule is CC(C)(C)c1ccc(NC(=O)c2ccc(Nc3ccc(C#N)cc3)cn2)cc1. The predicted octanol–water partition coefficient (Wildman–Crippen LogP) is 5.25. The standard InChI is InChI=1S/C23H22N4O/c1-23(2,3)17-6-10-19(11-7-17)27-22(28)21-13-12-20(15-25-21)26-18-8-4-16(14-24)5-9-18/h4-13,15,26H,1-3H3,(H,27,28). The first kappa shape index (κ1) is 19.1. The van der Waals surface area contributed by atoms with Crippen LogP contribution in [0.15, 0.2) is 66.9 Å². The van der Waals surface area contributed by atoms with Crippen LogP contribution in [0, 0.1) is 11.3 Å². The zero-order valence-electron chi connectivity index (χ0n) is 16.2. The summed E-state index contributed by atoms with van der Waals surface area (Å²) >= 11 is 0. The van der Waals surface area contributed by atoms with E-state index in [0.29, 0.717) is 11.3 Å². The maximum Gasteiger partial charge on any atom is 0.274 e. The van der Waals surface area contributed by atoms with Crippen LogP contribution in [-0.2, 0) is 5.41 Å². The van der Waals surface area contributed by atoms with Gasteiger partial charge in [0.2, 0.25) is 0 Å². The largest absolute Gasteiger partial charge is 0.354 e. The van der Waals surface area contributed by atoms with E-state index < -0.39 is 0 Å². The second-order valence-corrected chi connectivity index (χ2v) is 7.53. The number of anilines is 3. The summed E-state index contributed by atoms with van der Waals surface area (Å²) in [6.45, 7) is 6.45. The van der Waals surface area contributed by atoms with Crippen molar-refractivity contribution in [3.63, 3.8) is 0 Å². The van der Waals surface area contributed by atoms with Gasteiger partial charge in [-0.3, -0.25) is 4.79 Å². The number of rotatable bonds is 4. The molecule has 140 valence electrons. The summed E-state index contributed by atoms with van der Waals surface area (Å²) in [5.41, 5.74) is 4.56. The Labute approximate surface area is 165 Å². The van der Waals surface area contributed by atoms with Gasteiger partial charge in [0.1, 0.15) is 5.69 Å². The Morgan fingerprint density at radius 3 is 2.04 bits per heavy atom. The van der Waals surface area contributed by atoms with Gasteiger partial charge in [0, 0.05) is 11.4 Å². The van der Waals surface area contributed by atoms with Crippen LogP contribution in [0.3, 0.4) is 0 Å². The number of hydrogen-bond acceptors (Lipinski definition) is 4. The zero-order chi connectivity index (χ0) is 20.1. The Morgan fingerprint density at radius 1 is 0.893 bits per heavy atom. The fraction of sp³-hybridized carbons (Fsp3) is 0.174. The van der Waals surface area contributed by atoms with Crippen LogP contribution in [0.25, 0.3) is 0 Å². The van der Waals surface area contributed by atoms with Crippen molar-refractivity contribution in [1.82, 2.24) is 4.98 Å². The van der Waals surface area contributed by atoms with E-state index in [1.165, 1.54) is 5.56 Å². The molecule has 1 aromatic heterocycles. The molecule has 2 aromatic carbocycles. The summed E-state index contributed by atoms with van der Waals surface area (Å²) in [6.07, 6.45) is 1.61. The van der Waals surface area contributed by atoms with Crippen molar-refractivity contribution in [2.45, 2.75) is 26.2 Å². The molecule has 0 aliphatic heterocycles. The average Bonchev–Trinajstić information content (AvgIpc) is 2.69. The monoisotopic (exact) mass is 370 g/mol. The van der Waals surface area contributed by atoms with E-state index in [9.17, 15) is 4.79 Å². The summed E-state index contributed by atoms with van der Waals surface area (Å²) in [4.78, 5) is 16.6. The minimum atomic E-state index is -0.256. The molecular formula is C23H22N4O. The van der Waals surface area contributed by atoms with Gasteiger partial charge >= 0.3 is 0 Å². The van der Waals surface area contributed by atoms with E-state index in [2.05, 4.69) is 42.5 Å². The molecule has 2 N–H and O–H groups in total. The topological polar surface area (TPSA) is 77.8 Å². The third kappa shape index (κ3) is 4.74. The van der Waals surface area contributed by atoms with Crippen molar-refractivity contribution in [2.75, 3.05) is 10.6 Å². The minimum absolute atomic E-state index is 0.0713. The molecule has 0 aliphatic rings. The fourth-order valence-corrected chi connectivity index (χ4v) is 2.65. The Hall–Kier alpha value is -3.65. The zero-order valence-corrected chi connectivity index (χ0v) is 16.2. The van der Waals surface area contributed by atoms with Gasteiger partial charge in [-0.05, 0) is 59.5 Å². The molecule has 0 saturated carbocycles. The van der Waals surface area contributed by atoms with E-state index in [-0.39, 0.29) is 11.3 Å². The van der Waals surface area contributed by atoms with Gasteiger partial charge in [-0.1, -0.05) is 32.9 Å².